The molecule has 1 heterocycles. The first-order valence-electron chi connectivity index (χ1n) is 8.78. The summed E-state index contributed by atoms with van der Waals surface area (Å²) in [6, 6.07) is 10.2. The molecule has 0 bridgehead atoms. The van der Waals surface area contributed by atoms with Gasteiger partial charge < -0.3 is 5.32 Å². The Morgan fingerprint density at radius 1 is 1.24 bits per heavy atom. The lowest BCUT2D eigenvalue weighted by molar-refractivity contribution is 0.174. The van der Waals surface area contributed by atoms with E-state index in [2.05, 4.69) is 55.3 Å². The fraction of sp³-hybridized carbons (Fsp3) is 0.684. The highest BCUT2D eigenvalue weighted by Gasteiger charge is 2.23. The maximum Gasteiger partial charge on any atom is 0.0449 e. The molecule has 2 rings (SSSR count). The van der Waals surface area contributed by atoms with Crippen molar-refractivity contribution in [3.05, 3.63) is 35.4 Å². The van der Waals surface area contributed by atoms with Crippen molar-refractivity contribution in [2.75, 3.05) is 19.6 Å². The summed E-state index contributed by atoms with van der Waals surface area (Å²) in [5.74, 6) is 0. The molecule has 0 radical (unpaired) electrons. The molecule has 118 valence electrons. The van der Waals surface area contributed by atoms with Gasteiger partial charge in [-0.3, -0.25) is 4.90 Å². The van der Waals surface area contributed by atoms with E-state index in [0.29, 0.717) is 6.04 Å². The van der Waals surface area contributed by atoms with E-state index in [-0.39, 0.29) is 0 Å². The third kappa shape index (κ3) is 4.82. The molecule has 1 aliphatic heterocycles. The number of hydrogen-bond acceptors (Lipinski definition) is 2. The Morgan fingerprint density at radius 3 is 2.81 bits per heavy atom. The molecular formula is C19H32N2. The van der Waals surface area contributed by atoms with Gasteiger partial charge >= 0.3 is 0 Å². The second-order valence-electron chi connectivity index (χ2n) is 6.43. The summed E-state index contributed by atoms with van der Waals surface area (Å²) >= 11 is 0. The molecule has 2 atom stereocenters. The lowest BCUT2D eigenvalue weighted by Crippen LogP contribution is -2.41. The van der Waals surface area contributed by atoms with Crippen LogP contribution in [0.15, 0.2) is 24.3 Å². The first-order chi connectivity index (χ1) is 10.2. The number of nitrogens with zero attached hydrogens (tertiary/aromatic N) is 1. The molecule has 0 aromatic heterocycles. The molecule has 1 saturated heterocycles. The van der Waals surface area contributed by atoms with Gasteiger partial charge in [0.25, 0.3) is 0 Å². The third-order valence-corrected chi connectivity index (χ3v) is 4.78. The fourth-order valence-corrected chi connectivity index (χ4v) is 3.60. The summed E-state index contributed by atoms with van der Waals surface area (Å²) < 4.78 is 0. The Morgan fingerprint density at radius 2 is 2.10 bits per heavy atom. The van der Waals surface area contributed by atoms with Gasteiger partial charge in [-0.25, -0.2) is 0 Å². The molecule has 1 aliphatic rings. The van der Waals surface area contributed by atoms with Crippen LogP contribution in [0.1, 0.15) is 63.1 Å². The number of aryl methyl sites for hydroxylation is 1. The minimum absolute atomic E-state index is 0.460. The largest absolute Gasteiger partial charge is 0.309 e. The maximum absolute atomic E-state index is 3.70. The Kier molecular flexibility index (Phi) is 6.72. The first kappa shape index (κ1) is 16.5. The summed E-state index contributed by atoms with van der Waals surface area (Å²) in [7, 11) is 0. The molecule has 0 aliphatic carbocycles. The van der Waals surface area contributed by atoms with Crippen LogP contribution in [0.5, 0.6) is 0 Å². The molecule has 0 spiro atoms. The van der Waals surface area contributed by atoms with Crippen molar-refractivity contribution in [3.8, 4) is 0 Å². The predicted octanol–water partition coefficient (Wildman–Crippen LogP) is 4.30. The summed E-state index contributed by atoms with van der Waals surface area (Å²) in [5.41, 5.74) is 2.80. The van der Waals surface area contributed by atoms with Crippen LogP contribution in [0, 0.1) is 6.92 Å². The minimum atomic E-state index is 0.460. The molecule has 1 aromatic carbocycles. The second-order valence-corrected chi connectivity index (χ2v) is 6.43. The van der Waals surface area contributed by atoms with E-state index in [1.165, 1.54) is 49.8 Å². The smallest absolute Gasteiger partial charge is 0.0449 e. The van der Waals surface area contributed by atoms with E-state index in [1.54, 1.807) is 0 Å². The van der Waals surface area contributed by atoms with Gasteiger partial charge in [0.2, 0.25) is 0 Å². The van der Waals surface area contributed by atoms with E-state index in [4.69, 9.17) is 0 Å². The van der Waals surface area contributed by atoms with Crippen LogP contribution in [0.25, 0.3) is 0 Å². The molecule has 2 nitrogen and oxygen atoms in total. The van der Waals surface area contributed by atoms with Crippen molar-refractivity contribution >= 4 is 0 Å². The average molecular weight is 288 g/mol. The van der Waals surface area contributed by atoms with Gasteiger partial charge in [-0.05, 0) is 44.8 Å². The van der Waals surface area contributed by atoms with Crippen LogP contribution in [0.4, 0.5) is 0 Å². The van der Waals surface area contributed by atoms with Crippen LogP contribution < -0.4 is 5.32 Å². The first-order valence-corrected chi connectivity index (χ1v) is 8.78. The normalized spacial score (nSPS) is 22.0. The number of likely N-dealkylation sites (N-methyl/N-ethyl adjacent to an activating group) is 1. The molecule has 2 heteroatoms. The Labute approximate surface area is 130 Å². The zero-order valence-corrected chi connectivity index (χ0v) is 14.1. The summed E-state index contributed by atoms with van der Waals surface area (Å²) in [6.45, 7) is 10.2. The molecule has 1 aromatic rings. The highest BCUT2D eigenvalue weighted by atomic mass is 15.2. The van der Waals surface area contributed by atoms with Crippen LogP contribution >= 0.6 is 0 Å². The molecule has 1 fully saturated rings. The van der Waals surface area contributed by atoms with Gasteiger partial charge in [0.05, 0.1) is 0 Å². The molecule has 0 saturated carbocycles. The number of likely N-dealkylation sites (tertiary alicyclic amines) is 1. The SMILES string of the molecule is CCNC(CN1CCCCCC1CC)c1cccc(C)c1. The number of benzene rings is 1. The highest BCUT2D eigenvalue weighted by Crippen LogP contribution is 2.23. The quantitative estimate of drug-likeness (QED) is 0.839. The van der Waals surface area contributed by atoms with E-state index in [1.807, 2.05) is 0 Å². The lowest BCUT2D eigenvalue weighted by Gasteiger charge is -2.33. The van der Waals surface area contributed by atoms with Crippen LogP contribution in [-0.4, -0.2) is 30.6 Å². The van der Waals surface area contributed by atoms with Crippen LogP contribution in [0.2, 0.25) is 0 Å². The van der Waals surface area contributed by atoms with Crippen molar-refractivity contribution in [3.63, 3.8) is 0 Å². The summed E-state index contributed by atoms with van der Waals surface area (Å²) in [4.78, 5) is 2.74. The number of rotatable bonds is 6. The van der Waals surface area contributed by atoms with E-state index < -0.39 is 0 Å². The van der Waals surface area contributed by atoms with Crippen molar-refractivity contribution in [2.45, 2.75) is 65.0 Å². The molecule has 21 heavy (non-hydrogen) atoms. The Hall–Kier alpha value is -0.860. The topological polar surface area (TPSA) is 15.3 Å². The summed E-state index contributed by atoms with van der Waals surface area (Å²) in [6.07, 6.45) is 6.84. The zero-order valence-electron chi connectivity index (χ0n) is 14.1. The molecular weight excluding hydrogens is 256 g/mol. The fourth-order valence-electron chi connectivity index (χ4n) is 3.60. The Balaban J connectivity index is 2.10. The predicted molar refractivity (Wildman–Crippen MR) is 91.7 cm³/mol. The van der Waals surface area contributed by atoms with Crippen molar-refractivity contribution in [1.82, 2.24) is 10.2 Å². The lowest BCUT2D eigenvalue weighted by atomic mass is 10.0. The monoisotopic (exact) mass is 288 g/mol. The van der Waals surface area contributed by atoms with Gasteiger partial charge in [-0.15, -0.1) is 0 Å². The average Bonchev–Trinajstić information content (AvgIpc) is 2.71. The van der Waals surface area contributed by atoms with E-state index in [0.717, 1.165) is 19.1 Å². The summed E-state index contributed by atoms with van der Waals surface area (Å²) in [5, 5.41) is 3.70. The minimum Gasteiger partial charge on any atom is -0.309 e. The van der Waals surface area contributed by atoms with Gasteiger partial charge in [-0.1, -0.05) is 56.5 Å². The maximum atomic E-state index is 3.70. The van der Waals surface area contributed by atoms with E-state index >= 15 is 0 Å². The molecule has 2 unspecified atom stereocenters. The van der Waals surface area contributed by atoms with Crippen LogP contribution in [0.3, 0.4) is 0 Å². The van der Waals surface area contributed by atoms with Gasteiger partial charge in [-0.2, -0.15) is 0 Å². The van der Waals surface area contributed by atoms with Crippen LogP contribution in [-0.2, 0) is 0 Å². The standard InChI is InChI=1S/C19H32N2/c1-4-18-12-7-6-8-13-21(18)15-19(20-5-2)17-11-9-10-16(3)14-17/h9-11,14,18-20H,4-8,12-13,15H2,1-3H3. The van der Waals surface area contributed by atoms with E-state index in [9.17, 15) is 0 Å². The number of nitrogens with one attached hydrogen (secondary N) is 1. The van der Waals surface area contributed by atoms with Crippen molar-refractivity contribution in [2.24, 2.45) is 0 Å². The van der Waals surface area contributed by atoms with Gasteiger partial charge in [0.15, 0.2) is 0 Å². The zero-order chi connectivity index (χ0) is 15.1. The van der Waals surface area contributed by atoms with Gasteiger partial charge in [0.1, 0.15) is 0 Å². The second kappa shape index (κ2) is 8.55. The van der Waals surface area contributed by atoms with Crippen molar-refractivity contribution in [1.29, 1.82) is 0 Å². The third-order valence-electron chi connectivity index (χ3n) is 4.78. The van der Waals surface area contributed by atoms with Crippen molar-refractivity contribution < 1.29 is 0 Å². The van der Waals surface area contributed by atoms with Gasteiger partial charge in [0, 0.05) is 18.6 Å². The Bertz CT molecular complexity index is 416. The molecule has 0 amide bonds. The highest BCUT2D eigenvalue weighted by molar-refractivity contribution is 5.25. The number of hydrogen-bond donors (Lipinski definition) is 1. The molecule has 1 N–H and O–H groups in total.